The first-order valence-electron chi connectivity index (χ1n) is 9.67. The highest BCUT2D eigenvalue weighted by atomic mass is 16.1. The van der Waals surface area contributed by atoms with Crippen molar-refractivity contribution in [3.05, 3.63) is 75.8 Å². The highest BCUT2D eigenvalue weighted by Crippen LogP contribution is 2.49. The van der Waals surface area contributed by atoms with Gasteiger partial charge in [-0.25, -0.2) is 10.4 Å². The molecule has 0 saturated heterocycles. The van der Waals surface area contributed by atoms with Gasteiger partial charge < -0.3 is 0 Å². The lowest BCUT2D eigenvalue weighted by Crippen LogP contribution is -2.37. The molecule has 1 fully saturated rings. The SMILES string of the molecule is O=c1[nH]c(N/N=C\c2ccncc2)nc2c1C1(CCCC1)Cc1ccccc1-2. The summed E-state index contributed by atoms with van der Waals surface area (Å²) in [5.74, 6) is 0.360. The summed E-state index contributed by atoms with van der Waals surface area (Å²) in [6, 6.07) is 12.0. The zero-order valence-electron chi connectivity index (χ0n) is 15.5. The molecule has 2 aliphatic carbocycles. The average molecular weight is 371 g/mol. The lowest BCUT2D eigenvalue weighted by molar-refractivity contribution is 0.427. The average Bonchev–Trinajstić information content (AvgIpc) is 3.17. The number of hydrogen-bond acceptors (Lipinski definition) is 5. The van der Waals surface area contributed by atoms with Gasteiger partial charge in [0.1, 0.15) is 0 Å². The van der Waals surface area contributed by atoms with Gasteiger partial charge in [0.25, 0.3) is 5.56 Å². The molecule has 2 aromatic heterocycles. The number of rotatable bonds is 3. The standard InChI is InChI=1S/C22H21N5O/c28-20-18-19(25-21(26-20)27-24-14-15-7-11-23-12-8-15)17-6-2-1-5-16(17)13-22(18)9-3-4-10-22/h1-2,5-8,11-12,14H,3-4,9-10,13H2,(H2,25,26,27,28)/b24-14-. The van der Waals surface area contributed by atoms with Crippen molar-refractivity contribution in [2.45, 2.75) is 37.5 Å². The number of anilines is 1. The molecule has 0 amide bonds. The molecule has 0 unspecified atom stereocenters. The first kappa shape index (κ1) is 16.9. The Morgan fingerprint density at radius 3 is 2.71 bits per heavy atom. The van der Waals surface area contributed by atoms with Gasteiger partial charge in [-0.1, -0.05) is 37.1 Å². The van der Waals surface area contributed by atoms with E-state index in [2.05, 4.69) is 38.7 Å². The van der Waals surface area contributed by atoms with Crippen molar-refractivity contribution >= 4 is 12.2 Å². The molecule has 2 heterocycles. The molecule has 1 aromatic carbocycles. The van der Waals surface area contributed by atoms with E-state index in [-0.39, 0.29) is 11.0 Å². The number of aromatic amines is 1. The summed E-state index contributed by atoms with van der Waals surface area (Å²) in [6.45, 7) is 0. The fourth-order valence-electron chi connectivity index (χ4n) is 4.67. The molecule has 0 bridgehead atoms. The number of fused-ring (bicyclic) bond motifs is 4. The van der Waals surface area contributed by atoms with E-state index >= 15 is 0 Å². The van der Waals surface area contributed by atoms with Gasteiger partial charge in [-0.2, -0.15) is 5.10 Å². The van der Waals surface area contributed by atoms with Crippen LogP contribution in [0, 0.1) is 0 Å². The Hall–Kier alpha value is -3.28. The Labute approximate surface area is 162 Å². The monoisotopic (exact) mass is 371 g/mol. The quantitative estimate of drug-likeness (QED) is 0.544. The summed E-state index contributed by atoms with van der Waals surface area (Å²) in [5, 5.41) is 4.21. The van der Waals surface area contributed by atoms with Gasteiger partial charge in [-0.15, -0.1) is 0 Å². The lowest BCUT2D eigenvalue weighted by atomic mass is 9.68. The van der Waals surface area contributed by atoms with Crippen LogP contribution in [0.15, 0.2) is 58.7 Å². The minimum Gasteiger partial charge on any atom is -0.291 e. The molecule has 6 heteroatoms. The van der Waals surface area contributed by atoms with Crippen molar-refractivity contribution in [2.75, 3.05) is 5.43 Å². The second kappa shape index (κ2) is 6.71. The minimum atomic E-state index is -0.0803. The highest BCUT2D eigenvalue weighted by molar-refractivity contribution is 5.79. The third-order valence-corrected chi connectivity index (χ3v) is 5.90. The van der Waals surface area contributed by atoms with E-state index in [4.69, 9.17) is 4.98 Å². The lowest BCUT2D eigenvalue weighted by Gasteiger charge is -2.35. The fraction of sp³-hybridized carbons (Fsp3) is 0.273. The first-order valence-corrected chi connectivity index (χ1v) is 9.67. The van der Waals surface area contributed by atoms with E-state index in [0.29, 0.717) is 5.95 Å². The molecule has 2 aliphatic rings. The molecule has 28 heavy (non-hydrogen) atoms. The third-order valence-electron chi connectivity index (χ3n) is 5.90. The maximum atomic E-state index is 13.1. The van der Waals surface area contributed by atoms with Gasteiger partial charge in [-0.3, -0.25) is 14.8 Å². The molecule has 140 valence electrons. The Morgan fingerprint density at radius 1 is 1.11 bits per heavy atom. The normalized spacial score (nSPS) is 16.9. The summed E-state index contributed by atoms with van der Waals surface area (Å²) in [6.07, 6.45) is 10.4. The van der Waals surface area contributed by atoms with Crippen LogP contribution in [0.5, 0.6) is 0 Å². The van der Waals surface area contributed by atoms with Crippen molar-refractivity contribution in [3.8, 4) is 11.3 Å². The second-order valence-corrected chi connectivity index (χ2v) is 7.61. The third kappa shape index (κ3) is 2.81. The van der Waals surface area contributed by atoms with Crippen molar-refractivity contribution in [2.24, 2.45) is 5.10 Å². The molecule has 2 N–H and O–H groups in total. The number of hydrogen-bond donors (Lipinski definition) is 2. The zero-order valence-corrected chi connectivity index (χ0v) is 15.5. The van der Waals surface area contributed by atoms with Gasteiger partial charge in [-0.05, 0) is 42.5 Å². The molecule has 3 aromatic rings. The van der Waals surface area contributed by atoms with Crippen LogP contribution in [0.25, 0.3) is 11.3 Å². The summed E-state index contributed by atoms with van der Waals surface area (Å²) >= 11 is 0. The van der Waals surface area contributed by atoms with E-state index in [1.54, 1.807) is 18.6 Å². The van der Waals surface area contributed by atoms with Gasteiger partial charge in [0.2, 0.25) is 5.95 Å². The number of hydrazone groups is 1. The van der Waals surface area contributed by atoms with Crippen molar-refractivity contribution in [1.29, 1.82) is 0 Å². The number of pyridine rings is 1. The van der Waals surface area contributed by atoms with Crippen LogP contribution in [0.4, 0.5) is 5.95 Å². The van der Waals surface area contributed by atoms with Crippen LogP contribution in [-0.4, -0.2) is 21.2 Å². The predicted molar refractivity (Wildman–Crippen MR) is 110 cm³/mol. The molecule has 0 atom stereocenters. The van der Waals surface area contributed by atoms with Crippen molar-refractivity contribution in [3.63, 3.8) is 0 Å². The number of benzene rings is 1. The molecular weight excluding hydrogens is 350 g/mol. The summed E-state index contributed by atoms with van der Waals surface area (Å²) < 4.78 is 0. The summed E-state index contributed by atoms with van der Waals surface area (Å²) in [5.41, 5.74) is 7.65. The Bertz CT molecular complexity index is 1100. The number of H-pyrrole nitrogens is 1. The molecule has 0 radical (unpaired) electrons. The molecular formula is C22H21N5O. The molecule has 0 aliphatic heterocycles. The maximum Gasteiger partial charge on any atom is 0.256 e. The Kier molecular flexibility index (Phi) is 4.04. The van der Waals surface area contributed by atoms with Crippen molar-refractivity contribution < 1.29 is 0 Å². The first-order chi connectivity index (χ1) is 13.8. The molecule has 5 rings (SSSR count). The number of aromatic nitrogens is 3. The van der Waals surface area contributed by atoms with Crippen LogP contribution in [0.2, 0.25) is 0 Å². The van der Waals surface area contributed by atoms with E-state index in [0.717, 1.165) is 54.5 Å². The number of nitrogens with one attached hydrogen (secondary N) is 2. The van der Waals surface area contributed by atoms with Crippen LogP contribution in [0.3, 0.4) is 0 Å². The predicted octanol–water partition coefficient (Wildman–Crippen LogP) is 3.65. The molecule has 1 saturated carbocycles. The second-order valence-electron chi connectivity index (χ2n) is 7.61. The summed E-state index contributed by atoms with van der Waals surface area (Å²) in [7, 11) is 0. The molecule has 1 spiro atoms. The summed E-state index contributed by atoms with van der Waals surface area (Å²) in [4.78, 5) is 24.8. The maximum absolute atomic E-state index is 13.1. The van der Waals surface area contributed by atoms with Crippen LogP contribution >= 0.6 is 0 Å². The zero-order chi connectivity index (χ0) is 19.0. The van der Waals surface area contributed by atoms with Gasteiger partial charge in [0, 0.05) is 23.4 Å². The van der Waals surface area contributed by atoms with E-state index in [1.807, 2.05) is 18.2 Å². The Balaban J connectivity index is 1.56. The number of nitrogens with zero attached hydrogens (tertiary/aromatic N) is 3. The van der Waals surface area contributed by atoms with Gasteiger partial charge in [0.05, 0.1) is 17.5 Å². The van der Waals surface area contributed by atoms with Crippen LogP contribution in [-0.2, 0) is 11.8 Å². The van der Waals surface area contributed by atoms with E-state index in [1.165, 1.54) is 5.56 Å². The van der Waals surface area contributed by atoms with E-state index < -0.39 is 0 Å². The fourth-order valence-corrected chi connectivity index (χ4v) is 4.67. The smallest absolute Gasteiger partial charge is 0.256 e. The molecule has 6 nitrogen and oxygen atoms in total. The van der Waals surface area contributed by atoms with E-state index in [9.17, 15) is 4.79 Å². The minimum absolute atomic E-state index is 0.0528. The largest absolute Gasteiger partial charge is 0.291 e. The van der Waals surface area contributed by atoms with Gasteiger partial charge in [0.15, 0.2) is 0 Å². The topological polar surface area (TPSA) is 83.0 Å². The van der Waals surface area contributed by atoms with Gasteiger partial charge >= 0.3 is 0 Å². The van der Waals surface area contributed by atoms with Crippen LogP contribution < -0.4 is 11.0 Å². The Morgan fingerprint density at radius 2 is 1.89 bits per heavy atom. The van der Waals surface area contributed by atoms with Crippen LogP contribution in [0.1, 0.15) is 42.4 Å². The highest BCUT2D eigenvalue weighted by Gasteiger charge is 2.43. The van der Waals surface area contributed by atoms with Crippen molar-refractivity contribution in [1.82, 2.24) is 15.0 Å².